The summed E-state index contributed by atoms with van der Waals surface area (Å²) in [4.78, 5) is 12.5. The van der Waals surface area contributed by atoms with E-state index in [0.29, 0.717) is 0 Å². The van der Waals surface area contributed by atoms with Crippen LogP contribution in [0, 0.1) is 5.41 Å². The number of allylic oxidation sites excluding steroid dienone is 1. The monoisotopic (exact) mass is 406 g/mol. The summed E-state index contributed by atoms with van der Waals surface area (Å²) in [6, 6.07) is 0. The zero-order valence-corrected chi connectivity index (χ0v) is 16.0. The van der Waals surface area contributed by atoms with Crippen LogP contribution < -0.4 is 0 Å². The molecule has 1 aliphatic rings. The maximum Gasteiger partial charge on any atom is 0.522 e. The quantitative estimate of drug-likeness (QED) is 0.295. The number of carbonyl (C=O) groups is 1. The van der Waals surface area contributed by atoms with Crippen molar-refractivity contribution in [1.29, 1.82) is 0 Å². The molecule has 0 aromatic carbocycles. The Morgan fingerprint density at radius 2 is 1.72 bits per heavy atom. The zero-order chi connectivity index (χ0) is 20.3. The zero-order valence-electron chi connectivity index (χ0n) is 14.3. The third-order valence-electron chi connectivity index (χ3n) is 2.60. The molecule has 1 N–H and O–H groups in total. The van der Waals surface area contributed by atoms with E-state index in [-0.39, 0.29) is 11.5 Å². The number of thiol groups is 1. The molecule has 0 bridgehead atoms. The molecule has 0 spiro atoms. The van der Waals surface area contributed by atoms with Crippen LogP contribution in [0.15, 0.2) is 23.1 Å². The van der Waals surface area contributed by atoms with E-state index >= 15 is 0 Å². The van der Waals surface area contributed by atoms with Crippen molar-refractivity contribution in [3.05, 3.63) is 23.1 Å². The van der Waals surface area contributed by atoms with Crippen molar-refractivity contribution in [2.75, 3.05) is 0 Å². The summed E-state index contributed by atoms with van der Waals surface area (Å²) in [5.41, 5.74) is -6.35. The van der Waals surface area contributed by atoms with Crippen molar-refractivity contribution < 1.29 is 40.4 Å². The molecule has 0 aromatic rings. The Morgan fingerprint density at radius 1 is 1.28 bits per heavy atom. The van der Waals surface area contributed by atoms with Gasteiger partial charge in [0.15, 0.2) is 0 Å². The van der Waals surface area contributed by atoms with Crippen LogP contribution in [0.3, 0.4) is 0 Å². The molecule has 11 heteroatoms. The summed E-state index contributed by atoms with van der Waals surface area (Å²) in [7, 11) is -5.84. The maximum atomic E-state index is 11.6. The van der Waals surface area contributed by atoms with Gasteiger partial charge in [0.2, 0.25) is 0 Å². The molecule has 1 rings (SSSR count). The van der Waals surface area contributed by atoms with Gasteiger partial charge in [-0.05, 0) is 32.9 Å². The number of hydrogen-bond acceptors (Lipinski definition) is 6. The van der Waals surface area contributed by atoms with Gasteiger partial charge in [0.1, 0.15) is 11.7 Å². The summed E-state index contributed by atoms with van der Waals surface area (Å²) < 4.78 is 68.0. The van der Waals surface area contributed by atoms with E-state index in [9.17, 15) is 18.0 Å². The summed E-state index contributed by atoms with van der Waals surface area (Å²) in [6.45, 7) is 9.40. The molecule has 0 heterocycles. The first kappa shape index (κ1) is 23.8. The molecule has 0 aromatic heterocycles. The summed E-state index contributed by atoms with van der Waals surface area (Å²) in [5.74, 6) is 0. The number of rotatable bonds is 1. The van der Waals surface area contributed by atoms with Crippen LogP contribution in [-0.2, 0) is 19.6 Å². The lowest BCUT2D eigenvalue weighted by molar-refractivity contribution is -0.0510. The standard InChI is InChI=1S/C13H20O3S.CHF3O3S/c1-12(2,3)16-11(14)15-10-7-6-9(17)8-13(10,4)5;2-1(3,4)8(5,6)7/h6-8,10,17H,1-5H3;(H,5,6,7). The molecule has 0 radical (unpaired) electrons. The van der Waals surface area contributed by atoms with Crippen LogP contribution in [0.4, 0.5) is 18.0 Å². The molecular weight excluding hydrogens is 385 g/mol. The highest BCUT2D eigenvalue weighted by Gasteiger charge is 2.44. The Labute approximate surface area is 150 Å². The Kier molecular flexibility index (Phi) is 7.62. The Balaban J connectivity index is 0.000000609. The fraction of sp³-hybridized carbons (Fsp3) is 0.643. The van der Waals surface area contributed by atoms with Gasteiger partial charge in [-0.25, -0.2) is 4.79 Å². The van der Waals surface area contributed by atoms with Crippen molar-refractivity contribution >= 4 is 28.9 Å². The van der Waals surface area contributed by atoms with Crippen molar-refractivity contribution in [2.45, 2.75) is 51.8 Å². The molecule has 0 amide bonds. The van der Waals surface area contributed by atoms with E-state index in [1.165, 1.54) is 0 Å². The highest BCUT2D eigenvalue weighted by molar-refractivity contribution is 7.86. The average Bonchev–Trinajstić information content (AvgIpc) is 2.27. The van der Waals surface area contributed by atoms with Gasteiger partial charge in [0.05, 0.1) is 0 Å². The highest BCUT2D eigenvalue weighted by atomic mass is 32.2. The van der Waals surface area contributed by atoms with Crippen LogP contribution >= 0.6 is 12.6 Å². The van der Waals surface area contributed by atoms with Crippen LogP contribution in [0.1, 0.15) is 34.6 Å². The number of hydrogen-bond donors (Lipinski definition) is 2. The topological polar surface area (TPSA) is 89.9 Å². The Hall–Kier alpha value is -1.20. The number of carbonyl (C=O) groups excluding carboxylic acids is 1. The van der Waals surface area contributed by atoms with Gasteiger partial charge in [-0.1, -0.05) is 19.9 Å². The number of halogens is 3. The SMILES string of the molecule is CC(C)(C)OC(=O)OC1C=CC(S)=CC1(C)C.O=S(=O)(O)C(F)(F)F. The van der Waals surface area contributed by atoms with Crippen molar-refractivity contribution in [1.82, 2.24) is 0 Å². The normalized spacial score (nSPS) is 20.1. The Bertz CT molecular complexity index is 642. The van der Waals surface area contributed by atoms with Crippen molar-refractivity contribution in [3.8, 4) is 0 Å². The van der Waals surface area contributed by atoms with E-state index in [1.54, 1.807) is 0 Å². The van der Waals surface area contributed by atoms with Gasteiger partial charge in [-0.2, -0.15) is 21.6 Å². The molecule has 146 valence electrons. The van der Waals surface area contributed by atoms with Gasteiger partial charge in [0, 0.05) is 10.3 Å². The summed E-state index contributed by atoms with van der Waals surface area (Å²) in [5, 5.41) is 0. The van der Waals surface area contributed by atoms with Crippen LogP contribution in [0.25, 0.3) is 0 Å². The maximum absolute atomic E-state index is 11.6. The first-order chi connectivity index (χ1) is 10.8. The number of alkyl halides is 3. The molecule has 0 saturated heterocycles. The molecule has 25 heavy (non-hydrogen) atoms. The predicted molar refractivity (Wildman–Crippen MR) is 88.7 cm³/mol. The van der Waals surface area contributed by atoms with Gasteiger partial charge < -0.3 is 9.47 Å². The van der Waals surface area contributed by atoms with E-state index in [2.05, 4.69) is 12.6 Å². The average molecular weight is 406 g/mol. The van der Waals surface area contributed by atoms with Crippen molar-refractivity contribution in [3.63, 3.8) is 0 Å². The summed E-state index contributed by atoms with van der Waals surface area (Å²) >= 11 is 4.28. The largest absolute Gasteiger partial charge is 0.522 e. The predicted octanol–water partition coefficient (Wildman–Crippen LogP) is 4.11. The number of ether oxygens (including phenoxy) is 2. The van der Waals surface area contributed by atoms with Gasteiger partial charge in [-0.15, -0.1) is 12.6 Å². The minimum Gasteiger partial charge on any atom is -0.429 e. The minimum atomic E-state index is -5.84. The molecule has 0 fully saturated rings. The second-order valence-electron chi connectivity index (χ2n) is 6.67. The van der Waals surface area contributed by atoms with Crippen LogP contribution in [-0.4, -0.2) is 36.3 Å². The highest BCUT2D eigenvalue weighted by Crippen LogP contribution is 2.33. The van der Waals surface area contributed by atoms with E-state index < -0.39 is 27.4 Å². The van der Waals surface area contributed by atoms with Crippen molar-refractivity contribution in [2.24, 2.45) is 5.41 Å². The molecule has 1 unspecified atom stereocenters. The first-order valence-electron chi connectivity index (χ1n) is 6.88. The lowest BCUT2D eigenvalue weighted by Gasteiger charge is -2.32. The third kappa shape index (κ3) is 9.17. The third-order valence-corrected chi connectivity index (χ3v) is 3.46. The fourth-order valence-corrected chi connectivity index (χ4v) is 1.93. The smallest absolute Gasteiger partial charge is 0.429 e. The van der Waals surface area contributed by atoms with Gasteiger partial charge >= 0.3 is 21.8 Å². The van der Waals surface area contributed by atoms with E-state index in [4.69, 9.17) is 22.4 Å². The molecule has 6 nitrogen and oxygen atoms in total. The second-order valence-corrected chi connectivity index (χ2v) is 8.60. The Morgan fingerprint density at radius 3 is 2.04 bits per heavy atom. The van der Waals surface area contributed by atoms with Crippen LogP contribution in [0.2, 0.25) is 0 Å². The molecule has 1 aliphatic carbocycles. The second kappa shape index (κ2) is 8.00. The molecule has 0 saturated carbocycles. The fourth-order valence-electron chi connectivity index (χ4n) is 1.51. The molecule has 1 atom stereocenters. The van der Waals surface area contributed by atoms with E-state index in [0.717, 1.165) is 4.91 Å². The first-order valence-corrected chi connectivity index (χ1v) is 8.77. The van der Waals surface area contributed by atoms with Gasteiger partial charge in [-0.3, -0.25) is 4.55 Å². The lowest BCUT2D eigenvalue weighted by Crippen LogP contribution is -2.35. The lowest BCUT2D eigenvalue weighted by atomic mass is 9.83. The van der Waals surface area contributed by atoms with E-state index in [1.807, 2.05) is 52.8 Å². The van der Waals surface area contributed by atoms with Gasteiger partial charge in [0.25, 0.3) is 0 Å². The molecule has 0 aliphatic heterocycles. The summed E-state index contributed by atoms with van der Waals surface area (Å²) in [6.07, 6.45) is 4.64. The minimum absolute atomic E-state index is 0.275. The molecular formula is C14H21F3O6S2. The van der Waals surface area contributed by atoms with Crippen LogP contribution in [0.5, 0.6) is 0 Å².